The van der Waals surface area contributed by atoms with Gasteiger partial charge in [-0.05, 0) is 97.4 Å². The molecule has 3 fully saturated rings. The fraction of sp³-hybridized carbons (Fsp3) is 0.893. The predicted octanol–water partition coefficient (Wildman–Crippen LogP) is 6.81. The maximum atomic E-state index is 13.4. The Morgan fingerprint density at radius 3 is 2.43 bits per heavy atom. The van der Waals surface area contributed by atoms with Crippen molar-refractivity contribution >= 4 is 5.78 Å². The Bertz CT molecular complexity index is 693. The molecule has 0 bridgehead atoms. The summed E-state index contributed by atoms with van der Waals surface area (Å²) in [5.74, 6) is 4.84. The van der Waals surface area contributed by atoms with E-state index in [4.69, 9.17) is 0 Å². The van der Waals surface area contributed by atoms with E-state index in [-0.39, 0.29) is 17.4 Å². The Labute approximate surface area is 185 Å². The van der Waals surface area contributed by atoms with E-state index < -0.39 is 0 Å². The maximum Gasteiger partial charge on any atom is 0.159 e. The third-order valence-corrected chi connectivity index (χ3v) is 10.9. The number of hydrogen-bond donors (Lipinski definition) is 1. The smallest absolute Gasteiger partial charge is 0.159 e. The van der Waals surface area contributed by atoms with Gasteiger partial charge in [0.1, 0.15) is 0 Å². The lowest BCUT2D eigenvalue weighted by Crippen LogP contribution is -2.53. The monoisotopic (exact) mass is 414 g/mol. The normalized spacial score (nSPS) is 45.4. The fourth-order valence-corrected chi connectivity index (χ4v) is 8.42. The van der Waals surface area contributed by atoms with Gasteiger partial charge < -0.3 is 5.11 Å². The second-order valence-electron chi connectivity index (χ2n) is 12.6. The van der Waals surface area contributed by atoms with E-state index in [1.165, 1.54) is 44.1 Å². The van der Waals surface area contributed by atoms with E-state index >= 15 is 0 Å². The highest BCUT2D eigenvalue weighted by Gasteiger charge is 2.61. The zero-order chi connectivity index (χ0) is 21.8. The van der Waals surface area contributed by atoms with E-state index in [0.29, 0.717) is 23.0 Å². The summed E-state index contributed by atoms with van der Waals surface area (Å²) in [6.45, 7) is 14.6. The van der Waals surface area contributed by atoms with Crippen molar-refractivity contribution < 1.29 is 9.90 Å². The van der Waals surface area contributed by atoms with Crippen LogP contribution in [0.3, 0.4) is 0 Å². The van der Waals surface area contributed by atoms with E-state index in [2.05, 4.69) is 41.5 Å². The first-order valence-electron chi connectivity index (χ1n) is 13.0. The van der Waals surface area contributed by atoms with Crippen LogP contribution in [-0.2, 0) is 4.79 Å². The minimum absolute atomic E-state index is 0.148. The summed E-state index contributed by atoms with van der Waals surface area (Å²) < 4.78 is 0. The van der Waals surface area contributed by atoms with Gasteiger partial charge in [-0.3, -0.25) is 4.79 Å². The Hall–Kier alpha value is -0.630. The number of carbonyl (C=O) groups excluding carboxylic acids is 1. The number of ketones is 1. The highest BCUT2D eigenvalue weighted by Crippen LogP contribution is 2.66. The molecular weight excluding hydrogens is 368 g/mol. The molecule has 0 spiro atoms. The SMILES string of the molecule is CC(C)C(C)CCC(C)C1CCC2C3C(=O)C=C4CC(O)CC[C@]4(C)C3CC[C@]12C. The zero-order valence-corrected chi connectivity index (χ0v) is 20.4. The second kappa shape index (κ2) is 8.05. The molecular formula is C28H46O2. The average Bonchev–Trinajstić information content (AvgIpc) is 3.04. The van der Waals surface area contributed by atoms with E-state index in [1.807, 2.05) is 6.08 Å². The highest BCUT2D eigenvalue weighted by molar-refractivity contribution is 5.94. The molecule has 0 amide bonds. The second-order valence-corrected chi connectivity index (χ2v) is 12.6. The molecule has 4 aliphatic carbocycles. The molecule has 0 heterocycles. The van der Waals surface area contributed by atoms with Crippen molar-refractivity contribution in [1.82, 2.24) is 0 Å². The molecule has 7 unspecified atom stereocenters. The summed E-state index contributed by atoms with van der Waals surface area (Å²) in [6, 6.07) is 0. The number of carbonyl (C=O) groups is 1. The standard InChI is InChI=1S/C28H46O2/c1-17(2)18(3)7-8-19(4)22-9-10-23-26-24(12-14-28(22,23)6)27(5)13-11-21(29)15-20(27)16-25(26)30/h16-19,21-24,26,29H,7-15H2,1-6H3/t18?,19?,21?,22?,23?,24?,26?,27-,28+/m0/s1. The number of rotatable bonds is 5. The summed E-state index contributed by atoms with van der Waals surface area (Å²) in [6.07, 6.45) is 12.2. The van der Waals surface area contributed by atoms with Gasteiger partial charge in [0, 0.05) is 5.92 Å². The largest absolute Gasteiger partial charge is 0.393 e. The van der Waals surface area contributed by atoms with Crippen molar-refractivity contribution in [2.75, 3.05) is 0 Å². The zero-order valence-electron chi connectivity index (χ0n) is 20.4. The van der Waals surface area contributed by atoms with Gasteiger partial charge in [-0.15, -0.1) is 0 Å². The van der Waals surface area contributed by atoms with Gasteiger partial charge in [0.05, 0.1) is 6.10 Å². The number of allylic oxidation sites excluding steroid dienone is 1. The molecule has 170 valence electrons. The van der Waals surface area contributed by atoms with Crippen LogP contribution in [0.5, 0.6) is 0 Å². The van der Waals surface area contributed by atoms with Crippen LogP contribution in [0.1, 0.15) is 99.3 Å². The first kappa shape index (κ1) is 22.6. The molecule has 0 radical (unpaired) electrons. The van der Waals surface area contributed by atoms with Gasteiger partial charge in [0.25, 0.3) is 0 Å². The van der Waals surface area contributed by atoms with Crippen LogP contribution in [0.15, 0.2) is 11.6 Å². The molecule has 0 saturated heterocycles. The lowest BCUT2D eigenvalue weighted by Gasteiger charge is -2.57. The summed E-state index contributed by atoms with van der Waals surface area (Å²) in [4.78, 5) is 13.4. The Balaban J connectivity index is 1.54. The van der Waals surface area contributed by atoms with Crippen LogP contribution >= 0.6 is 0 Å². The van der Waals surface area contributed by atoms with Crippen LogP contribution in [0, 0.1) is 52.3 Å². The summed E-state index contributed by atoms with van der Waals surface area (Å²) in [5.41, 5.74) is 1.75. The molecule has 0 aromatic heterocycles. The van der Waals surface area contributed by atoms with Crippen molar-refractivity contribution in [3.63, 3.8) is 0 Å². The first-order chi connectivity index (χ1) is 14.1. The van der Waals surface area contributed by atoms with Crippen LogP contribution in [0.2, 0.25) is 0 Å². The van der Waals surface area contributed by atoms with Gasteiger partial charge in [-0.1, -0.05) is 60.0 Å². The topological polar surface area (TPSA) is 37.3 Å². The van der Waals surface area contributed by atoms with Gasteiger partial charge in [-0.25, -0.2) is 0 Å². The molecule has 3 saturated carbocycles. The molecule has 4 rings (SSSR count). The average molecular weight is 415 g/mol. The predicted molar refractivity (Wildman–Crippen MR) is 124 cm³/mol. The molecule has 30 heavy (non-hydrogen) atoms. The van der Waals surface area contributed by atoms with Crippen LogP contribution < -0.4 is 0 Å². The third kappa shape index (κ3) is 3.54. The number of fused-ring (bicyclic) bond motifs is 5. The molecule has 0 aromatic rings. The Morgan fingerprint density at radius 1 is 1.00 bits per heavy atom. The minimum atomic E-state index is -0.243. The molecule has 2 nitrogen and oxygen atoms in total. The lowest BCUT2D eigenvalue weighted by molar-refractivity contribution is -0.135. The van der Waals surface area contributed by atoms with Gasteiger partial charge in [-0.2, -0.15) is 0 Å². The van der Waals surface area contributed by atoms with Crippen LogP contribution in [0.25, 0.3) is 0 Å². The molecule has 2 heteroatoms. The lowest BCUT2D eigenvalue weighted by atomic mass is 9.46. The van der Waals surface area contributed by atoms with Crippen molar-refractivity contribution in [2.45, 2.75) is 105 Å². The molecule has 9 atom stereocenters. The molecule has 4 aliphatic rings. The van der Waals surface area contributed by atoms with Gasteiger partial charge in [0.2, 0.25) is 0 Å². The maximum absolute atomic E-state index is 13.4. The molecule has 1 N–H and O–H groups in total. The van der Waals surface area contributed by atoms with Crippen LogP contribution in [0.4, 0.5) is 0 Å². The third-order valence-electron chi connectivity index (χ3n) is 10.9. The Morgan fingerprint density at radius 2 is 1.73 bits per heavy atom. The van der Waals surface area contributed by atoms with Crippen molar-refractivity contribution in [2.24, 2.45) is 52.3 Å². The minimum Gasteiger partial charge on any atom is -0.393 e. The Kier molecular flexibility index (Phi) is 6.06. The van der Waals surface area contributed by atoms with E-state index in [1.54, 1.807) is 0 Å². The highest BCUT2D eigenvalue weighted by atomic mass is 16.3. The summed E-state index contributed by atoms with van der Waals surface area (Å²) in [7, 11) is 0. The quantitative estimate of drug-likeness (QED) is 0.536. The summed E-state index contributed by atoms with van der Waals surface area (Å²) in [5, 5.41) is 10.2. The van der Waals surface area contributed by atoms with Crippen molar-refractivity contribution in [3.8, 4) is 0 Å². The fourth-order valence-electron chi connectivity index (χ4n) is 8.42. The van der Waals surface area contributed by atoms with E-state index in [9.17, 15) is 9.90 Å². The first-order valence-corrected chi connectivity index (χ1v) is 13.0. The molecule has 0 aromatic carbocycles. The van der Waals surface area contributed by atoms with Gasteiger partial charge in [0.15, 0.2) is 5.78 Å². The van der Waals surface area contributed by atoms with Crippen molar-refractivity contribution in [1.29, 1.82) is 0 Å². The number of aliphatic hydroxyl groups excluding tert-OH is 1. The van der Waals surface area contributed by atoms with E-state index in [0.717, 1.165) is 42.9 Å². The van der Waals surface area contributed by atoms with Crippen LogP contribution in [-0.4, -0.2) is 17.0 Å². The van der Waals surface area contributed by atoms with Crippen molar-refractivity contribution in [3.05, 3.63) is 11.6 Å². The summed E-state index contributed by atoms with van der Waals surface area (Å²) >= 11 is 0. The van der Waals surface area contributed by atoms with Gasteiger partial charge >= 0.3 is 0 Å². The number of hydrogen-bond acceptors (Lipinski definition) is 2. The molecule has 0 aliphatic heterocycles. The number of aliphatic hydroxyl groups is 1.